The molecule has 0 fully saturated rings. The minimum absolute atomic E-state index is 0.0234. The van der Waals surface area contributed by atoms with Gasteiger partial charge in [-0.2, -0.15) is 40.2 Å². The largest absolute Gasteiger partial charge is 0.505 e. The number of azo groups is 2. The second-order valence-electron chi connectivity index (χ2n) is 14.3. The van der Waals surface area contributed by atoms with E-state index in [0.717, 1.165) is 30.3 Å². The van der Waals surface area contributed by atoms with Crippen molar-refractivity contribution >= 4 is 161 Å². The molecule has 1 heterocycles. The number of halogens is 1. The van der Waals surface area contributed by atoms with Crippen LogP contribution in [0.15, 0.2) is 123 Å². The van der Waals surface area contributed by atoms with Crippen molar-refractivity contribution in [2.75, 3.05) is 41.1 Å². The smallest absolute Gasteiger partial charge is 0.397 e. The molecule has 6 aromatic rings. The van der Waals surface area contributed by atoms with Crippen molar-refractivity contribution in [2.24, 2.45) is 20.5 Å². The molecule has 5 aromatic carbocycles. The molecule has 0 amide bonds. The first-order chi connectivity index (χ1) is 37.1. The van der Waals surface area contributed by atoms with E-state index in [0.29, 0.717) is 12.0 Å². The SMILES string of the molecule is Nc1c(N=Nc2ccc(S(=O)(=O)CCOS(=O)(=O)O)cc2SOOO)c(SOOO)cc2cc(S(=O)(=O)O)c(N=Nc3cc(Nc4nc(Cl)nc(Nc5ccc(S(=O)(=O)CCOS(=O)(=O)O)cc5)n4)ccc3SOOO)c(O)c12. The monoisotopic (exact) mass is 1280 g/mol. The fourth-order valence-corrected chi connectivity index (χ4v) is 11.4. The summed E-state index contributed by atoms with van der Waals surface area (Å²) in [6.45, 7) is -1.84. The highest BCUT2D eigenvalue weighted by Crippen LogP contribution is 2.50. The van der Waals surface area contributed by atoms with Gasteiger partial charge in [0, 0.05) is 11.4 Å². The van der Waals surface area contributed by atoms with Crippen molar-refractivity contribution in [3.05, 3.63) is 78.1 Å². The fourth-order valence-electron chi connectivity index (χ4n) is 6.11. The van der Waals surface area contributed by atoms with Crippen LogP contribution in [0.25, 0.3) is 10.8 Å². The lowest BCUT2D eigenvalue weighted by Gasteiger charge is -2.14. The third-order valence-corrected chi connectivity index (χ3v) is 16.6. The highest BCUT2D eigenvalue weighted by atomic mass is 35.5. The lowest BCUT2D eigenvalue weighted by Crippen LogP contribution is -2.15. The average Bonchev–Trinajstić information content (AvgIpc) is 3.53. The van der Waals surface area contributed by atoms with Crippen LogP contribution in [0.1, 0.15) is 0 Å². The molecule has 0 aliphatic heterocycles. The minimum Gasteiger partial charge on any atom is -0.505 e. The number of fused-ring (bicyclic) bond motifs is 1. The second-order valence-corrected chi connectivity index (χ2v) is 24.7. The van der Waals surface area contributed by atoms with Crippen LogP contribution in [-0.2, 0) is 87.1 Å². The summed E-state index contributed by atoms with van der Waals surface area (Å²) in [6, 6.07) is 13.6. The standard InChI is InChI=1S/C35H31ClN10O25S8/c36-33-40-34(38-18-1-4-20(5-2-18)75(51,52)11-9-64-78(58,59)60)42-35(41-33)39-19-3-8-24(72-69-66-48)23(15-19)44-46-31-27(77(55,56)57)14-17-13-26(74-71-68-50)30(29(37)28(17)32(31)47)45-43-22-7-6-21(16-25(22)73-70-67-49)76(53,54)12-10-65-79(61,62)63/h1-8,13-16,47-50H,9-12,37H2,(H,55,56,57)(H,58,59,60)(H,61,62,63)(H2,38,39,40,41,42). The lowest BCUT2D eigenvalue weighted by molar-refractivity contribution is -0.432. The Labute approximate surface area is 460 Å². The Morgan fingerprint density at radius 3 is 1.65 bits per heavy atom. The number of nitrogen functional groups attached to an aromatic ring is 1. The number of aromatic nitrogens is 3. The highest BCUT2D eigenvalue weighted by molar-refractivity contribution is 7.95. The summed E-state index contributed by atoms with van der Waals surface area (Å²) >= 11 is 6.91. The predicted molar refractivity (Wildman–Crippen MR) is 270 cm³/mol. The number of sulfone groups is 2. The van der Waals surface area contributed by atoms with E-state index in [9.17, 15) is 51.7 Å². The topological polar surface area (TPSA) is 524 Å². The van der Waals surface area contributed by atoms with Crippen LogP contribution in [0, 0.1) is 0 Å². The van der Waals surface area contributed by atoms with Crippen LogP contribution < -0.4 is 16.4 Å². The van der Waals surface area contributed by atoms with Crippen LogP contribution in [-0.4, -0.2) is 116 Å². The Morgan fingerprint density at radius 1 is 0.570 bits per heavy atom. The molecule has 0 atom stereocenters. The van der Waals surface area contributed by atoms with E-state index in [1.165, 1.54) is 42.5 Å². The maximum Gasteiger partial charge on any atom is 0.397 e. The van der Waals surface area contributed by atoms with Gasteiger partial charge in [0.25, 0.3) is 10.1 Å². The maximum atomic E-state index is 12.9. The lowest BCUT2D eigenvalue weighted by atomic mass is 10.1. The number of rotatable bonds is 28. The van der Waals surface area contributed by atoms with Gasteiger partial charge in [0.05, 0.1) is 96.4 Å². The van der Waals surface area contributed by atoms with E-state index < -0.39 is 113 Å². The van der Waals surface area contributed by atoms with E-state index in [1.54, 1.807) is 0 Å². The zero-order chi connectivity index (χ0) is 57.9. The number of phenols is 1. The Kier molecular flexibility index (Phi) is 21.1. The first kappa shape index (κ1) is 62.5. The van der Waals surface area contributed by atoms with Crippen molar-refractivity contribution in [1.29, 1.82) is 0 Å². The predicted octanol–water partition coefficient (Wildman–Crippen LogP) is 7.00. The Hall–Kier alpha value is -5.70. The summed E-state index contributed by atoms with van der Waals surface area (Å²) in [6.07, 6.45) is 0. The van der Waals surface area contributed by atoms with E-state index in [2.05, 4.69) is 82.5 Å². The summed E-state index contributed by atoms with van der Waals surface area (Å²) < 4.78 is 170. The molecule has 0 saturated heterocycles. The van der Waals surface area contributed by atoms with E-state index in [4.69, 9.17) is 42.2 Å². The average molecular weight is 1280 g/mol. The Bertz CT molecular complexity index is 3890. The number of phenolic OH excluding ortho intramolecular Hbond substituents is 1. The van der Waals surface area contributed by atoms with Crippen LogP contribution in [0.3, 0.4) is 0 Å². The van der Waals surface area contributed by atoms with E-state index in [-0.39, 0.29) is 89.0 Å². The molecule has 0 unspecified atom stereocenters. The fraction of sp³-hybridized carbons (Fsp3) is 0.114. The van der Waals surface area contributed by atoms with Gasteiger partial charge in [-0.25, -0.2) is 41.0 Å². The van der Waals surface area contributed by atoms with Crippen molar-refractivity contribution < 1.29 is 113 Å². The zero-order valence-electron chi connectivity index (χ0n) is 38.1. The molecule has 0 aliphatic carbocycles. The van der Waals surface area contributed by atoms with Gasteiger partial charge in [0.2, 0.25) is 17.2 Å². The summed E-state index contributed by atoms with van der Waals surface area (Å²) in [5.41, 5.74) is 4.37. The molecule has 0 bridgehead atoms. The normalized spacial score (nSPS) is 12.7. The number of nitrogens with zero attached hydrogens (tertiary/aromatic N) is 7. The Morgan fingerprint density at radius 2 is 1.08 bits per heavy atom. The number of benzene rings is 5. The van der Waals surface area contributed by atoms with Gasteiger partial charge in [-0.15, -0.1) is 33.5 Å². The molecule has 6 rings (SSSR count). The molecule has 0 spiro atoms. The Balaban J connectivity index is 1.36. The summed E-state index contributed by atoms with van der Waals surface area (Å²) in [5.74, 6) is -3.23. The quantitative estimate of drug-likeness (QED) is 0.00590. The van der Waals surface area contributed by atoms with Crippen LogP contribution in [0.5, 0.6) is 5.75 Å². The van der Waals surface area contributed by atoms with Gasteiger partial charge in [-0.3, -0.25) is 13.7 Å². The van der Waals surface area contributed by atoms with Gasteiger partial charge in [0.1, 0.15) is 27.6 Å². The number of nitrogens with one attached hydrogen (secondary N) is 2. The molecule has 1 aromatic heterocycles. The third-order valence-electron chi connectivity index (χ3n) is 9.32. The maximum absolute atomic E-state index is 12.9. The molecule has 426 valence electrons. The van der Waals surface area contributed by atoms with Crippen molar-refractivity contribution in [2.45, 2.75) is 29.4 Å². The summed E-state index contributed by atoms with van der Waals surface area (Å²) in [5, 5.41) is 69.9. The first-order valence-electron chi connectivity index (χ1n) is 20.0. The minimum atomic E-state index is -5.33. The molecule has 44 heteroatoms. The summed E-state index contributed by atoms with van der Waals surface area (Å²) in [4.78, 5) is 9.88. The number of hydrogen-bond acceptors (Lipinski definition) is 35. The van der Waals surface area contributed by atoms with Gasteiger partial charge >= 0.3 is 20.8 Å². The van der Waals surface area contributed by atoms with Crippen LogP contribution >= 0.6 is 47.7 Å². The highest BCUT2D eigenvalue weighted by Gasteiger charge is 2.27. The van der Waals surface area contributed by atoms with Gasteiger partial charge in [0.15, 0.2) is 25.4 Å². The van der Waals surface area contributed by atoms with Crippen molar-refractivity contribution in [3.8, 4) is 5.75 Å². The molecular weight excluding hydrogens is 1250 g/mol. The molecule has 11 N–H and O–H groups in total. The van der Waals surface area contributed by atoms with Gasteiger partial charge in [-0.1, -0.05) is 15.1 Å². The number of anilines is 5. The van der Waals surface area contributed by atoms with Gasteiger partial charge in [-0.05, 0) is 89.8 Å². The van der Waals surface area contributed by atoms with Crippen molar-refractivity contribution in [1.82, 2.24) is 15.0 Å². The molecule has 0 saturated carbocycles. The van der Waals surface area contributed by atoms with E-state index >= 15 is 0 Å². The second kappa shape index (κ2) is 26.7. The number of hydrogen-bond donors (Lipinski definition) is 10. The molecule has 0 radical (unpaired) electrons. The van der Waals surface area contributed by atoms with Crippen LogP contribution in [0.4, 0.5) is 51.7 Å². The number of aromatic hydroxyl groups is 1. The van der Waals surface area contributed by atoms with Crippen molar-refractivity contribution in [3.63, 3.8) is 0 Å². The molecule has 0 aliphatic rings. The summed E-state index contributed by atoms with van der Waals surface area (Å²) in [7, 11) is -23.6. The molecular formula is C35H31ClN10O25S8. The molecule has 35 nitrogen and oxygen atoms in total. The number of nitrogens with two attached hydrogens (primary N) is 1. The van der Waals surface area contributed by atoms with E-state index in [1.807, 2.05) is 0 Å². The zero-order valence-corrected chi connectivity index (χ0v) is 45.4. The molecule has 79 heavy (non-hydrogen) atoms. The first-order valence-corrected chi connectivity index (χ1v) is 30.1. The van der Waals surface area contributed by atoms with Gasteiger partial charge < -0.3 is 21.5 Å². The van der Waals surface area contributed by atoms with Crippen LogP contribution in [0.2, 0.25) is 5.28 Å². The third kappa shape index (κ3) is 17.6.